The minimum atomic E-state index is 0.811. The maximum Gasteiger partial charge on any atom is 0.228 e. The Kier molecular flexibility index (Phi) is 3.91. The smallest absolute Gasteiger partial charge is 0.228 e. The largest absolute Gasteiger partial charge is 0.372 e. The molecule has 3 aromatic rings. The average molecular weight is 319 g/mol. The van der Waals surface area contributed by atoms with Crippen molar-refractivity contribution < 1.29 is 0 Å². The van der Waals surface area contributed by atoms with Crippen molar-refractivity contribution in [2.24, 2.45) is 0 Å². The number of hydrogen-bond donors (Lipinski definition) is 1. The number of anilines is 3. The Bertz CT molecular complexity index is 826. The van der Waals surface area contributed by atoms with Gasteiger partial charge in [0.15, 0.2) is 0 Å². The van der Waals surface area contributed by atoms with Gasteiger partial charge >= 0.3 is 0 Å². The molecule has 2 heterocycles. The van der Waals surface area contributed by atoms with Crippen LogP contribution in [0.25, 0.3) is 10.9 Å². The summed E-state index contributed by atoms with van der Waals surface area (Å²) in [6.07, 6.45) is 0. The van der Waals surface area contributed by atoms with Crippen LogP contribution >= 0.6 is 0 Å². The van der Waals surface area contributed by atoms with E-state index >= 15 is 0 Å². The molecule has 0 amide bonds. The Balaban J connectivity index is 1.56. The lowest BCUT2D eigenvalue weighted by atomic mass is 10.2. The monoisotopic (exact) mass is 319 g/mol. The predicted molar refractivity (Wildman–Crippen MR) is 100.0 cm³/mol. The zero-order chi connectivity index (χ0) is 16.4. The van der Waals surface area contributed by atoms with Gasteiger partial charge in [0.25, 0.3) is 0 Å². The summed E-state index contributed by atoms with van der Waals surface area (Å²) in [4.78, 5) is 14.2. The van der Waals surface area contributed by atoms with E-state index in [9.17, 15) is 0 Å². The third-order valence-electron chi connectivity index (χ3n) is 4.51. The maximum absolute atomic E-state index is 4.76. The van der Waals surface area contributed by atoms with E-state index in [-0.39, 0.29) is 0 Å². The highest BCUT2D eigenvalue weighted by molar-refractivity contribution is 5.90. The van der Waals surface area contributed by atoms with Gasteiger partial charge in [0.05, 0.1) is 5.52 Å². The zero-order valence-corrected chi connectivity index (χ0v) is 13.8. The fraction of sp³-hybridized carbons (Fsp3) is 0.263. The van der Waals surface area contributed by atoms with Crippen molar-refractivity contribution in [1.82, 2.24) is 9.97 Å². The molecule has 2 aromatic carbocycles. The Morgan fingerprint density at radius 2 is 1.46 bits per heavy atom. The van der Waals surface area contributed by atoms with E-state index in [1.807, 2.05) is 25.2 Å². The van der Waals surface area contributed by atoms with Gasteiger partial charge in [-0.1, -0.05) is 30.3 Å². The van der Waals surface area contributed by atoms with E-state index in [2.05, 4.69) is 51.5 Å². The molecule has 1 aliphatic rings. The standard InChI is InChI=1S/C19H21N5/c1-20-18-16-9-5-6-10-17(16)21-19(22-18)24-13-11-23(12-14-24)15-7-3-2-4-8-15/h2-10H,11-14H2,1H3,(H,20,21,22). The molecule has 0 aliphatic carbocycles. The summed E-state index contributed by atoms with van der Waals surface area (Å²) < 4.78 is 0. The molecular formula is C19H21N5. The number of nitrogens with zero attached hydrogens (tertiary/aromatic N) is 4. The zero-order valence-electron chi connectivity index (χ0n) is 13.8. The molecule has 0 spiro atoms. The number of aromatic nitrogens is 2. The number of rotatable bonds is 3. The van der Waals surface area contributed by atoms with E-state index in [0.29, 0.717) is 0 Å². The van der Waals surface area contributed by atoms with E-state index in [1.54, 1.807) is 0 Å². The quantitative estimate of drug-likeness (QED) is 0.804. The summed E-state index contributed by atoms with van der Waals surface area (Å²) >= 11 is 0. The molecule has 1 saturated heterocycles. The Labute approximate surface area is 141 Å². The Morgan fingerprint density at radius 1 is 0.792 bits per heavy atom. The first-order valence-electron chi connectivity index (χ1n) is 8.34. The van der Waals surface area contributed by atoms with Gasteiger partial charge in [-0.15, -0.1) is 0 Å². The third kappa shape index (κ3) is 2.73. The molecule has 0 radical (unpaired) electrons. The van der Waals surface area contributed by atoms with Gasteiger partial charge in [0.1, 0.15) is 5.82 Å². The number of piperazine rings is 1. The van der Waals surface area contributed by atoms with Crippen LogP contribution < -0.4 is 15.1 Å². The van der Waals surface area contributed by atoms with Crippen molar-refractivity contribution in [1.29, 1.82) is 0 Å². The molecule has 24 heavy (non-hydrogen) atoms. The minimum Gasteiger partial charge on any atom is -0.372 e. The van der Waals surface area contributed by atoms with Crippen LogP contribution in [0, 0.1) is 0 Å². The van der Waals surface area contributed by atoms with Crippen LogP contribution in [-0.4, -0.2) is 43.2 Å². The Morgan fingerprint density at radius 3 is 2.21 bits per heavy atom. The van der Waals surface area contributed by atoms with Crippen molar-refractivity contribution in [3.8, 4) is 0 Å². The van der Waals surface area contributed by atoms with E-state index < -0.39 is 0 Å². The molecule has 5 heteroatoms. The molecule has 1 fully saturated rings. The predicted octanol–water partition coefficient (Wildman–Crippen LogP) is 3.00. The molecule has 0 saturated carbocycles. The van der Waals surface area contributed by atoms with Crippen molar-refractivity contribution in [2.45, 2.75) is 0 Å². The van der Waals surface area contributed by atoms with Crippen LogP contribution in [0.4, 0.5) is 17.5 Å². The molecule has 0 bridgehead atoms. The Hall–Kier alpha value is -2.82. The first-order chi connectivity index (χ1) is 11.8. The van der Waals surface area contributed by atoms with Gasteiger partial charge < -0.3 is 15.1 Å². The molecule has 122 valence electrons. The molecule has 1 aliphatic heterocycles. The lowest BCUT2D eigenvalue weighted by Gasteiger charge is -2.36. The van der Waals surface area contributed by atoms with Crippen molar-refractivity contribution >= 4 is 28.4 Å². The second-order valence-electron chi connectivity index (χ2n) is 5.95. The number of para-hydroxylation sites is 2. The van der Waals surface area contributed by atoms with Crippen molar-refractivity contribution in [3.05, 3.63) is 54.6 Å². The number of fused-ring (bicyclic) bond motifs is 1. The van der Waals surface area contributed by atoms with E-state index in [0.717, 1.165) is 48.8 Å². The fourth-order valence-corrected chi connectivity index (χ4v) is 3.20. The van der Waals surface area contributed by atoms with Gasteiger partial charge in [0, 0.05) is 44.3 Å². The van der Waals surface area contributed by atoms with E-state index in [1.165, 1.54) is 5.69 Å². The summed E-state index contributed by atoms with van der Waals surface area (Å²) in [6.45, 7) is 3.82. The molecule has 4 rings (SSSR count). The third-order valence-corrected chi connectivity index (χ3v) is 4.51. The summed E-state index contributed by atoms with van der Waals surface area (Å²) in [7, 11) is 1.91. The van der Waals surface area contributed by atoms with Crippen LogP contribution in [0.3, 0.4) is 0 Å². The first kappa shape index (κ1) is 14.8. The van der Waals surface area contributed by atoms with Gasteiger partial charge in [-0.25, -0.2) is 4.98 Å². The van der Waals surface area contributed by atoms with Crippen LogP contribution in [0.15, 0.2) is 54.6 Å². The number of nitrogens with one attached hydrogen (secondary N) is 1. The second-order valence-corrected chi connectivity index (χ2v) is 5.95. The summed E-state index contributed by atoms with van der Waals surface area (Å²) in [6, 6.07) is 18.7. The topological polar surface area (TPSA) is 44.3 Å². The van der Waals surface area contributed by atoms with Gasteiger partial charge in [-0.2, -0.15) is 4.98 Å². The van der Waals surface area contributed by atoms with Crippen molar-refractivity contribution in [3.63, 3.8) is 0 Å². The van der Waals surface area contributed by atoms with Crippen molar-refractivity contribution in [2.75, 3.05) is 48.3 Å². The molecule has 0 atom stereocenters. The lowest BCUT2D eigenvalue weighted by molar-refractivity contribution is 0.641. The minimum absolute atomic E-state index is 0.811. The number of benzene rings is 2. The van der Waals surface area contributed by atoms with Crippen LogP contribution in [0.5, 0.6) is 0 Å². The normalized spacial score (nSPS) is 14.9. The molecule has 0 unspecified atom stereocenters. The second kappa shape index (κ2) is 6.35. The van der Waals surface area contributed by atoms with Gasteiger partial charge in [-0.05, 0) is 24.3 Å². The average Bonchev–Trinajstić information content (AvgIpc) is 2.68. The summed E-state index contributed by atoms with van der Waals surface area (Å²) in [5.41, 5.74) is 2.27. The molecule has 1 N–H and O–H groups in total. The fourth-order valence-electron chi connectivity index (χ4n) is 3.20. The maximum atomic E-state index is 4.76. The van der Waals surface area contributed by atoms with Crippen LogP contribution in [-0.2, 0) is 0 Å². The van der Waals surface area contributed by atoms with Crippen LogP contribution in [0.1, 0.15) is 0 Å². The molecular weight excluding hydrogens is 298 g/mol. The van der Waals surface area contributed by atoms with Crippen LogP contribution in [0.2, 0.25) is 0 Å². The van der Waals surface area contributed by atoms with Gasteiger partial charge in [-0.3, -0.25) is 0 Å². The molecule has 1 aromatic heterocycles. The highest BCUT2D eigenvalue weighted by Crippen LogP contribution is 2.24. The van der Waals surface area contributed by atoms with E-state index in [4.69, 9.17) is 9.97 Å². The lowest BCUT2D eigenvalue weighted by Crippen LogP contribution is -2.47. The highest BCUT2D eigenvalue weighted by atomic mass is 15.3. The van der Waals surface area contributed by atoms with Gasteiger partial charge in [0.2, 0.25) is 5.95 Å². The summed E-state index contributed by atoms with van der Waals surface area (Å²) in [5, 5.41) is 4.26. The SMILES string of the molecule is CNc1nc(N2CCN(c3ccccc3)CC2)nc2ccccc12. The number of hydrogen-bond acceptors (Lipinski definition) is 5. The first-order valence-corrected chi connectivity index (χ1v) is 8.34. The highest BCUT2D eigenvalue weighted by Gasteiger charge is 2.20. The summed E-state index contributed by atoms with van der Waals surface area (Å²) in [5.74, 6) is 1.70. The molecule has 5 nitrogen and oxygen atoms in total.